The van der Waals surface area contributed by atoms with Crippen LogP contribution in [-0.2, 0) is 4.79 Å². The number of amides is 1. The van der Waals surface area contributed by atoms with Crippen LogP contribution in [-0.4, -0.2) is 29.0 Å². The molecule has 2 aromatic rings. The highest BCUT2D eigenvalue weighted by Crippen LogP contribution is 2.20. The number of hydrogen-bond donors (Lipinski definition) is 1. The average Bonchev–Trinajstić information content (AvgIpc) is 2.61. The highest BCUT2D eigenvalue weighted by atomic mass is 32.2. The van der Waals surface area contributed by atoms with Gasteiger partial charge < -0.3 is 4.74 Å². The Morgan fingerprint density at radius 2 is 2.29 bits per heavy atom. The zero-order valence-electron chi connectivity index (χ0n) is 13.4. The molecule has 6 heteroatoms. The van der Waals surface area contributed by atoms with Crippen LogP contribution < -0.4 is 10.2 Å². The van der Waals surface area contributed by atoms with Crippen LogP contribution in [0.25, 0.3) is 0 Å². The number of nitrogens with one attached hydrogen (secondary N) is 1. The lowest BCUT2D eigenvalue weighted by atomic mass is 10.2. The molecule has 24 heavy (non-hydrogen) atoms. The first-order valence-corrected chi connectivity index (χ1v) is 8.31. The molecule has 0 aliphatic rings. The lowest BCUT2D eigenvalue weighted by Gasteiger charge is -2.08. The van der Waals surface area contributed by atoms with E-state index in [1.165, 1.54) is 11.8 Å². The molecule has 1 aromatic carbocycles. The summed E-state index contributed by atoms with van der Waals surface area (Å²) in [6.45, 7) is 5.87. The SMILES string of the molecule is C=CCOc1cccc(/C=N/NC(=O)C(C)Sc2ccccn2)c1. The van der Waals surface area contributed by atoms with Crippen molar-refractivity contribution >= 4 is 23.9 Å². The zero-order chi connectivity index (χ0) is 17.2. The van der Waals surface area contributed by atoms with E-state index in [1.54, 1.807) is 18.5 Å². The summed E-state index contributed by atoms with van der Waals surface area (Å²) >= 11 is 1.38. The number of nitrogens with zero attached hydrogens (tertiary/aromatic N) is 2. The minimum absolute atomic E-state index is 0.180. The van der Waals surface area contributed by atoms with E-state index in [4.69, 9.17) is 4.74 Å². The van der Waals surface area contributed by atoms with Gasteiger partial charge in [-0.2, -0.15) is 5.10 Å². The highest BCUT2D eigenvalue weighted by Gasteiger charge is 2.13. The van der Waals surface area contributed by atoms with Gasteiger partial charge in [0.1, 0.15) is 12.4 Å². The molecule has 0 saturated heterocycles. The molecule has 124 valence electrons. The maximum Gasteiger partial charge on any atom is 0.253 e. The number of rotatable bonds is 8. The minimum Gasteiger partial charge on any atom is -0.490 e. The summed E-state index contributed by atoms with van der Waals surface area (Å²) in [5, 5.41) is 4.50. The molecule has 1 unspecified atom stereocenters. The summed E-state index contributed by atoms with van der Waals surface area (Å²) < 4.78 is 5.45. The van der Waals surface area contributed by atoms with Crippen LogP contribution in [0.4, 0.5) is 0 Å². The number of pyridine rings is 1. The lowest BCUT2D eigenvalue weighted by molar-refractivity contribution is -0.120. The largest absolute Gasteiger partial charge is 0.490 e. The van der Waals surface area contributed by atoms with Gasteiger partial charge in [-0.05, 0) is 36.8 Å². The maximum atomic E-state index is 12.0. The Balaban J connectivity index is 1.86. The molecule has 1 atom stereocenters. The smallest absolute Gasteiger partial charge is 0.253 e. The van der Waals surface area contributed by atoms with Gasteiger partial charge in [-0.3, -0.25) is 4.79 Å². The molecular formula is C18H19N3O2S. The molecule has 0 bridgehead atoms. The number of benzene rings is 1. The van der Waals surface area contributed by atoms with E-state index < -0.39 is 0 Å². The van der Waals surface area contributed by atoms with E-state index in [2.05, 4.69) is 22.1 Å². The van der Waals surface area contributed by atoms with Gasteiger partial charge in [0.25, 0.3) is 5.91 Å². The third kappa shape index (κ3) is 5.89. The summed E-state index contributed by atoms with van der Waals surface area (Å²) in [6, 6.07) is 13.0. The quantitative estimate of drug-likeness (QED) is 0.346. The number of carbonyl (C=O) groups is 1. The number of aromatic nitrogens is 1. The van der Waals surface area contributed by atoms with Gasteiger partial charge in [0.15, 0.2) is 0 Å². The van der Waals surface area contributed by atoms with Crippen molar-refractivity contribution in [2.75, 3.05) is 6.61 Å². The van der Waals surface area contributed by atoms with Gasteiger partial charge in [-0.15, -0.1) is 0 Å². The Morgan fingerprint density at radius 3 is 3.04 bits per heavy atom. The fraction of sp³-hybridized carbons (Fsp3) is 0.167. The molecule has 0 aliphatic carbocycles. The van der Waals surface area contributed by atoms with E-state index in [9.17, 15) is 4.79 Å². The fourth-order valence-corrected chi connectivity index (χ4v) is 2.55. The Bertz CT molecular complexity index is 704. The molecule has 0 fully saturated rings. The molecule has 1 aromatic heterocycles. The van der Waals surface area contributed by atoms with Crippen LogP contribution >= 0.6 is 11.8 Å². The van der Waals surface area contributed by atoms with Gasteiger partial charge in [0.2, 0.25) is 0 Å². The van der Waals surface area contributed by atoms with Crippen molar-refractivity contribution in [2.45, 2.75) is 17.2 Å². The molecule has 0 saturated carbocycles. The van der Waals surface area contributed by atoms with Crippen molar-refractivity contribution in [3.8, 4) is 5.75 Å². The van der Waals surface area contributed by atoms with Crippen molar-refractivity contribution in [2.24, 2.45) is 5.10 Å². The lowest BCUT2D eigenvalue weighted by Crippen LogP contribution is -2.26. The first-order chi connectivity index (χ1) is 11.7. The van der Waals surface area contributed by atoms with Gasteiger partial charge in [0, 0.05) is 6.20 Å². The molecule has 0 aliphatic heterocycles. The number of ether oxygens (including phenoxy) is 1. The summed E-state index contributed by atoms with van der Waals surface area (Å²) in [5.74, 6) is 0.546. The number of hydrogen-bond acceptors (Lipinski definition) is 5. The molecular weight excluding hydrogens is 322 g/mol. The number of hydrazone groups is 1. The average molecular weight is 341 g/mol. The van der Waals surface area contributed by atoms with Crippen molar-refractivity contribution in [1.82, 2.24) is 10.4 Å². The van der Waals surface area contributed by atoms with Crippen LogP contribution in [0, 0.1) is 0 Å². The summed E-state index contributed by atoms with van der Waals surface area (Å²) in [4.78, 5) is 16.2. The van der Waals surface area contributed by atoms with Crippen LogP contribution in [0.3, 0.4) is 0 Å². The number of carbonyl (C=O) groups excluding carboxylic acids is 1. The maximum absolute atomic E-state index is 12.0. The fourth-order valence-electron chi connectivity index (χ4n) is 1.75. The van der Waals surface area contributed by atoms with Crippen molar-refractivity contribution < 1.29 is 9.53 Å². The normalized spacial score (nSPS) is 11.9. The van der Waals surface area contributed by atoms with Gasteiger partial charge in [-0.25, -0.2) is 10.4 Å². The molecule has 0 spiro atoms. The zero-order valence-corrected chi connectivity index (χ0v) is 14.2. The Hall–Kier alpha value is -2.60. The summed E-state index contributed by atoms with van der Waals surface area (Å²) in [6.07, 6.45) is 4.96. The Kier molecular flexibility index (Phi) is 7.04. The second-order valence-electron chi connectivity index (χ2n) is 4.83. The van der Waals surface area contributed by atoms with E-state index >= 15 is 0 Å². The standard InChI is InChI=1S/C18H19N3O2S/c1-3-11-23-16-8-6-7-15(12-16)13-20-21-18(22)14(2)24-17-9-4-5-10-19-17/h3-10,12-14H,1,11H2,2H3,(H,21,22)/b20-13+. The topological polar surface area (TPSA) is 63.6 Å². The third-order valence-corrected chi connectivity index (χ3v) is 3.97. The first kappa shape index (κ1) is 17.7. The third-order valence-electron chi connectivity index (χ3n) is 2.92. The van der Waals surface area contributed by atoms with E-state index in [-0.39, 0.29) is 11.2 Å². The molecule has 1 heterocycles. The van der Waals surface area contributed by atoms with Gasteiger partial charge in [0.05, 0.1) is 16.5 Å². The molecule has 0 radical (unpaired) electrons. The Morgan fingerprint density at radius 1 is 1.42 bits per heavy atom. The molecule has 1 amide bonds. The first-order valence-electron chi connectivity index (χ1n) is 7.43. The van der Waals surface area contributed by atoms with E-state index in [1.807, 2.05) is 49.4 Å². The van der Waals surface area contributed by atoms with Crippen molar-refractivity contribution in [1.29, 1.82) is 0 Å². The van der Waals surface area contributed by atoms with E-state index in [0.717, 1.165) is 16.3 Å². The predicted molar refractivity (Wildman–Crippen MR) is 97.4 cm³/mol. The van der Waals surface area contributed by atoms with Gasteiger partial charge >= 0.3 is 0 Å². The number of thioether (sulfide) groups is 1. The highest BCUT2D eigenvalue weighted by molar-refractivity contribution is 8.00. The summed E-state index contributed by atoms with van der Waals surface area (Å²) in [5.41, 5.74) is 3.37. The van der Waals surface area contributed by atoms with Crippen LogP contribution in [0.5, 0.6) is 5.75 Å². The van der Waals surface area contributed by atoms with Crippen LogP contribution in [0.15, 0.2) is 71.4 Å². The Labute approximate surface area is 145 Å². The van der Waals surface area contributed by atoms with Crippen molar-refractivity contribution in [3.63, 3.8) is 0 Å². The second kappa shape index (κ2) is 9.52. The predicted octanol–water partition coefficient (Wildman–Crippen LogP) is 3.28. The molecule has 2 rings (SSSR count). The van der Waals surface area contributed by atoms with Crippen LogP contribution in [0.2, 0.25) is 0 Å². The minimum atomic E-state index is -0.292. The van der Waals surface area contributed by atoms with Crippen LogP contribution in [0.1, 0.15) is 12.5 Å². The van der Waals surface area contributed by atoms with Gasteiger partial charge in [-0.1, -0.05) is 42.6 Å². The monoisotopic (exact) mass is 341 g/mol. The molecule has 1 N–H and O–H groups in total. The van der Waals surface area contributed by atoms with E-state index in [0.29, 0.717) is 6.61 Å². The molecule has 5 nitrogen and oxygen atoms in total. The summed E-state index contributed by atoms with van der Waals surface area (Å²) in [7, 11) is 0. The van der Waals surface area contributed by atoms with Crippen molar-refractivity contribution in [3.05, 3.63) is 66.9 Å². The second-order valence-corrected chi connectivity index (χ2v) is 6.20.